The summed E-state index contributed by atoms with van der Waals surface area (Å²) in [7, 11) is 0. The summed E-state index contributed by atoms with van der Waals surface area (Å²) in [6.07, 6.45) is 3.77. The lowest BCUT2D eigenvalue weighted by atomic mass is 9.95. The normalized spacial score (nSPS) is 23.7. The molecule has 1 aliphatic rings. The highest BCUT2D eigenvalue weighted by Gasteiger charge is 2.20. The third-order valence-electron chi connectivity index (χ3n) is 3.00. The molecule has 0 aromatic carbocycles. The summed E-state index contributed by atoms with van der Waals surface area (Å²) < 4.78 is 0. The highest BCUT2D eigenvalue weighted by Crippen LogP contribution is 2.14. The number of nitriles is 1. The summed E-state index contributed by atoms with van der Waals surface area (Å²) >= 11 is 0. The van der Waals surface area contributed by atoms with Gasteiger partial charge in [0, 0.05) is 18.6 Å². The van der Waals surface area contributed by atoms with Crippen LogP contribution in [0.5, 0.6) is 0 Å². The van der Waals surface area contributed by atoms with Gasteiger partial charge in [0.15, 0.2) is 0 Å². The molecule has 1 aliphatic heterocycles. The fourth-order valence-electron chi connectivity index (χ4n) is 1.94. The SMILES string of the molecule is CC(CC1CCCN1)NCC(C)(C)C#N. The third-order valence-corrected chi connectivity index (χ3v) is 3.00. The maximum Gasteiger partial charge on any atom is 0.0697 e. The molecule has 86 valence electrons. The Morgan fingerprint density at radius 3 is 2.87 bits per heavy atom. The zero-order valence-electron chi connectivity index (χ0n) is 10.1. The first-order valence-electron chi connectivity index (χ1n) is 5.91. The molecule has 1 heterocycles. The Morgan fingerprint density at radius 1 is 1.60 bits per heavy atom. The lowest BCUT2D eigenvalue weighted by Crippen LogP contribution is -2.38. The second kappa shape index (κ2) is 5.48. The van der Waals surface area contributed by atoms with Gasteiger partial charge in [0.1, 0.15) is 0 Å². The average Bonchev–Trinajstić information content (AvgIpc) is 2.68. The van der Waals surface area contributed by atoms with E-state index in [0.717, 1.165) is 6.54 Å². The van der Waals surface area contributed by atoms with Crippen molar-refractivity contribution >= 4 is 0 Å². The summed E-state index contributed by atoms with van der Waals surface area (Å²) in [5.41, 5.74) is -0.253. The van der Waals surface area contributed by atoms with Crippen LogP contribution in [0.3, 0.4) is 0 Å². The van der Waals surface area contributed by atoms with Crippen molar-refractivity contribution in [2.24, 2.45) is 5.41 Å². The van der Waals surface area contributed by atoms with Crippen LogP contribution in [0.25, 0.3) is 0 Å². The number of nitrogens with zero attached hydrogens (tertiary/aromatic N) is 1. The minimum atomic E-state index is -0.253. The zero-order valence-corrected chi connectivity index (χ0v) is 10.1. The van der Waals surface area contributed by atoms with E-state index in [2.05, 4.69) is 23.6 Å². The molecular formula is C12H23N3. The summed E-state index contributed by atoms with van der Waals surface area (Å²) in [6, 6.07) is 3.48. The van der Waals surface area contributed by atoms with E-state index in [1.807, 2.05) is 13.8 Å². The predicted octanol–water partition coefficient (Wildman–Crippen LogP) is 1.66. The van der Waals surface area contributed by atoms with E-state index in [4.69, 9.17) is 5.26 Å². The van der Waals surface area contributed by atoms with Gasteiger partial charge in [-0.15, -0.1) is 0 Å². The topological polar surface area (TPSA) is 47.8 Å². The Bertz CT molecular complexity index is 224. The quantitative estimate of drug-likeness (QED) is 0.724. The van der Waals surface area contributed by atoms with Crippen molar-refractivity contribution in [3.8, 4) is 6.07 Å². The fraction of sp³-hybridized carbons (Fsp3) is 0.917. The Labute approximate surface area is 93.2 Å². The van der Waals surface area contributed by atoms with Gasteiger partial charge in [-0.3, -0.25) is 0 Å². The van der Waals surface area contributed by atoms with E-state index < -0.39 is 0 Å². The molecule has 3 nitrogen and oxygen atoms in total. The second-order valence-electron chi connectivity index (χ2n) is 5.31. The zero-order chi connectivity index (χ0) is 11.3. The van der Waals surface area contributed by atoms with Gasteiger partial charge in [-0.1, -0.05) is 0 Å². The van der Waals surface area contributed by atoms with Gasteiger partial charge in [-0.05, 0) is 46.6 Å². The number of hydrogen-bond acceptors (Lipinski definition) is 3. The Morgan fingerprint density at radius 2 is 2.33 bits per heavy atom. The highest BCUT2D eigenvalue weighted by molar-refractivity contribution is 4.94. The molecule has 2 unspecified atom stereocenters. The molecule has 1 fully saturated rings. The average molecular weight is 209 g/mol. The molecule has 2 atom stereocenters. The molecule has 0 spiro atoms. The van der Waals surface area contributed by atoms with Gasteiger partial charge in [0.25, 0.3) is 0 Å². The molecule has 0 amide bonds. The molecular weight excluding hydrogens is 186 g/mol. The molecule has 0 aromatic rings. The van der Waals surface area contributed by atoms with Crippen LogP contribution >= 0.6 is 0 Å². The minimum Gasteiger partial charge on any atom is -0.314 e. The van der Waals surface area contributed by atoms with Crippen molar-refractivity contribution in [2.75, 3.05) is 13.1 Å². The molecule has 0 aromatic heterocycles. The van der Waals surface area contributed by atoms with Crippen molar-refractivity contribution in [3.05, 3.63) is 0 Å². The van der Waals surface area contributed by atoms with Crippen LogP contribution in [0.1, 0.15) is 40.0 Å². The number of nitrogens with one attached hydrogen (secondary N) is 2. The monoisotopic (exact) mass is 209 g/mol. The Balaban J connectivity index is 2.18. The summed E-state index contributed by atoms with van der Waals surface area (Å²) in [5, 5.41) is 15.8. The van der Waals surface area contributed by atoms with Crippen molar-refractivity contribution in [1.82, 2.24) is 10.6 Å². The first-order valence-corrected chi connectivity index (χ1v) is 5.91. The highest BCUT2D eigenvalue weighted by atomic mass is 15.0. The lowest BCUT2D eigenvalue weighted by Gasteiger charge is -2.22. The van der Waals surface area contributed by atoms with E-state index in [1.165, 1.54) is 25.8 Å². The van der Waals surface area contributed by atoms with Crippen LogP contribution in [0.2, 0.25) is 0 Å². The maximum absolute atomic E-state index is 8.89. The summed E-state index contributed by atoms with van der Waals surface area (Å²) in [5.74, 6) is 0. The second-order valence-corrected chi connectivity index (χ2v) is 5.31. The van der Waals surface area contributed by atoms with Gasteiger partial charge >= 0.3 is 0 Å². The van der Waals surface area contributed by atoms with Gasteiger partial charge in [-0.2, -0.15) is 5.26 Å². The number of rotatable bonds is 5. The lowest BCUT2D eigenvalue weighted by molar-refractivity contribution is 0.377. The predicted molar refractivity (Wildman–Crippen MR) is 62.5 cm³/mol. The van der Waals surface area contributed by atoms with Crippen LogP contribution in [0.4, 0.5) is 0 Å². The van der Waals surface area contributed by atoms with E-state index in [0.29, 0.717) is 12.1 Å². The van der Waals surface area contributed by atoms with Gasteiger partial charge in [-0.25, -0.2) is 0 Å². The van der Waals surface area contributed by atoms with Crippen LogP contribution in [-0.4, -0.2) is 25.2 Å². The van der Waals surface area contributed by atoms with Crippen molar-refractivity contribution in [1.29, 1.82) is 5.26 Å². The van der Waals surface area contributed by atoms with Crippen molar-refractivity contribution in [3.63, 3.8) is 0 Å². The molecule has 1 saturated heterocycles. The molecule has 3 heteroatoms. The largest absolute Gasteiger partial charge is 0.314 e. The minimum absolute atomic E-state index is 0.253. The van der Waals surface area contributed by atoms with Gasteiger partial charge < -0.3 is 10.6 Å². The fourth-order valence-corrected chi connectivity index (χ4v) is 1.94. The first-order chi connectivity index (χ1) is 7.03. The van der Waals surface area contributed by atoms with Gasteiger partial charge in [0.05, 0.1) is 11.5 Å². The summed E-state index contributed by atoms with van der Waals surface area (Å²) in [6.45, 7) is 8.09. The number of hydrogen-bond donors (Lipinski definition) is 2. The molecule has 0 aliphatic carbocycles. The van der Waals surface area contributed by atoms with E-state index in [-0.39, 0.29) is 5.41 Å². The smallest absolute Gasteiger partial charge is 0.0697 e. The molecule has 0 radical (unpaired) electrons. The van der Waals surface area contributed by atoms with Crippen LogP contribution < -0.4 is 10.6 Å². The summed E-state index contributed by atoms with van der Waals surface area (Å²) in [4.78, 5) is 0. The third kappa shape index (κ3) is 4.63. The van der Waals surface area contributed by atoms with Crippen LogP contribution in [-0.2, 0) is 0 Å². The van der Waals surface area contributed by atoms with E-state index >= 15 is 0 Å². The molecule has 0 saturated carbocycles. The molecule has 15 heavy (non-hydrogen) atoms. The van der Waals surface area contributed by atoms with Crippen molar-refractivity contribution in [2.45, 2.75) is 52.1 Å². The molecule has 2 N–H and O–H groups in total. The Hall–Kier alpha value is -0.590. The van der Waals surface area contributed by atoms with E-state index in [1.54, 1.807) is 0 Å². The molecule has 1 rings (SSSR count). The standard InChI is InChI=1S/C12H23N3/c1-10(7-11-5-4-6-14-11)15-9-12(2,3)8-13/h10-11,14-15H,4-7,9H2,1-3H3. The van der Waals surface area contributed by atoms with Gasteiger partial charge in [0.2, 0.25) is 0 Å². The van der Waals surface area contributed by atoms with Crippen LogP contribution in [0.15, 0.2) is 0 Å². The maximum atomic E-state index is 8.89. The van der Waals surface area contributed by atoms with Crippen LogP contribution in [0, 0.1) is 16.7 Å². The Kier molecular flexibility index (Phi) is 4.56. The molecule has 0 bridgehead atoms. The van der Waals surface area contributed by atoms with E-state index in [9.17, 15) is 0 Å². The van der Waals surface area contributed by atoms with Crippen molar-refractivity contribution < 1.29 is 0 Å². The first kappa shape index (κ1) is 12.5.